The molecule has 48 heavy (non-hydrogen) atoms. The average Bonchev–Trinajstić information content (AvgIpc) is 3.74. The molecular formula is C41H44N4O3. The van der Waals surface area contributed by atoms with Crippen LogP contribution in [0, 0.1) is 0 Å². The van der Waals surface area contributed by atoms with Crippen LogP contribution in [0.1, 0.15) is 92.9 Å². The minimum atomic E-state index is 0.0786. The number of fused-ring (bicyclic) bond motifs is 5. The van der Waals surface area contributed by atoms with Crippen molar-refractivity contribution in [3.8, 4) is 51.2 Å². The van der Waals surface area contributed by atoms with Crippen LogP contribution in [-0.2, 0) is 9.47 Å². The highest BCUT2D eigenvalue weighted by atomic mass is 16.7. The lowest BCUT2D eigenvalue weighted by atomic mass is 9.90. The van der Waals surface area contributed by atoms with Gasteiger partial charge < -0.3 is 14.2 Å². The minimum Gasteiger partial charge on any atom is -0.465 e. The van der Waals surface area contributed by atoms with E-state index in [0.717, 1.165) is 27.9 Å². The quantitative estimate of drug-likeness (QED) is 0.0992. The van der Waals surface area contributed by atoms with Crippen LogP contribution in [0.3, 0.4) is 0 Å². The van der Waals surface area contributed by atoms with Crippen LogP contribution in [0.4, 0.5) is 0 Å². The van der Waals surface area contributed by atoms with Crippen molar-refractivity contribution in [2.24, 2.45) is 0 Å². The molecule has 0 aliphatic heterocycles. The molecule has 2 atom stereocenters. The van der Waals surface area contributed by atoms with Crippen molar-refractivity contribution in [1.29, 1.82) is 0 Å². The van der Waals surface area contributed by atoms with E-state index < -0.39 is 0 Å². The van der Waals surface area contributed by atoms with Gasteiger partial charge in [0.1, 0.15) is 11.4 Å². The first-order valence-corrected chi connectivity index (χ1v) is 17.2. The summed E-state index contributed by atoms with van der Waals surface area (Å²) < 4.78 is 17.1. The second-order valence-electron chi connectivity index (χ2n) is 13.6. The van der Waals surface area contributed by atoms with E-state index >= 15 is 0 Å². The Bertz CT molecular complexity index is 1820. The summed E-state index contributed by atoms with van der Waals surface area (Å²) in [6, 6.07) is 25.7. The molecule has 0 N–H and O–H groups in total. The van der Waals surface area contributed by atoms with Gasteiger partial charge in [-0.2, -0.15) is 0 Å². The van der Waals surface area contributed by atoms with E-state index in [0.29, 0.717) is 60.1 Å². The predicted molar refractivity (Wildman–Crippen MR) is 190 cm³/mol. The molecule has 2 aromatic heterocycles. The number of aromatic nitrogens is 4. The highest BCUT2D eigenvalue weighted by molar-refractivity contribution is 5.73. The Morgan fingerprint density at radius 1 is 0.646 bits per heavy atom. The van der Waals surface area contributed by atoms with Gasteiger partial charge in [-0.15, -0.1) is 0 Å². The van der Waals surface area contributed by atoms with Crippen LogP contribution < -0.4 is 4.74 Å². The van der Waals surface area contributed by atoms with Crippen LogP contribution in [0.2, 0.25) is 0 Å². The van der Waals surface area contributed by atoms with Gasteiger partial charge in [0, 0.05) is 35.6 Å². The number of methoxy groups -OCH3 is 1. The molecule has 0 radical (unpaired) electrons. The maximum atomic E-state index is 6.27. The Hall–Kier alpha value is -4.46. The molecule has 7 nitrogen and oxygen atoms in total. The number of ether oxygens (including phenoxy) is 3. The van der Waals surface area contributed by atoms with Crippen LogP contribution >= 0.6 is 0 Å². The summed E-state index contributed by atoms with van der Waals surface area (Å²) in [6.07, 6.45) is 5.69. The normalized spacial score (nSPS) is 16.6. The number of hydrogen-bond donors (Lipinski definition) is 0. The van der Waals surface area contributed by atoms with Crippen molar-refractivity contribution >= 4 is 0 Å². The molecule has 0 saturated heterocycles. The van der Waals surface area contributed by atoms with Gasteiger partial charge in [0.15, 0.2) is 24.3 Å². The van der Waals surface area contributed by atoms with E-state index in [9.17, 15) is 0 Å². The van der Waals surface area contributed by atoms with Crippen molar-refractivity contribution in [3.05, 3.63) is 101 Å². The number of pyridine rings is 1. The Balaban J connectivity index is 1.30. The second-order valence-corrected chi connectivity index (χ2v) is 13.6. The molecule has 3 aromatic carbocycles. The molecule has 7 rings (SSSR count). The number of hydrogen-bond acceptors (Lipinski definition) is 7. The summed E-state index contributed by atoms with van der Waals surface area (Å²) in [6.45, 7) is 9.79. The summed E-state index contributed by atoms with van der Waals surface area (Å²) in [7, 11) is 1.66. The van der Waals surface area contributed by atoms with Gasteiger partial charge in [-0.25, -0.2) is 15.0 Å². The smallest absolute Gasteiger partial charge is 0.189 e. The third-order valence-corrected chi connectivity index (χ3v) is 9.82. The van der Waals surface area contributed by atoms with E-state index in [4.69, 9.17) is 34.1 Å². The van der Waals surface area contributed by atoms with Gasteiger partial charge in [0.2, 0.25) is 0 Å². The monoisotopic (exact) mass is 640 g/mol. The first-order valence-electron chi connectivity index (χ1n) is 17.2. The Kier molecular flexibility index (Phi) is 9.33. The van der Waals surface area contributed by atoms with Gasteiger partial charge in [-0.3, -0.25) is 4.98 Å². The SMILES string of the molecule is COCCOCOc1cc(-c2nc(-c3ccc(C(C)C)cc3)nc(-c3ccc(C(C)C)cc3)n2)cnc1-c1ccc2c(c1)C1CCC2C1. The zero-order valence-corrected chi connectivity index (χ0v) is 28.6. The molecular weight excluding hydrogens is 596 g/mol. The minimum absolute atomic E-state index is 0.0786. The molecule has 2 bridgehead atoms. The van der Waals surface area contributed by atoms with Crippen LogP contribution in [0.5, 0.6) is 5.75 Å². The molecule has 2 aliphatic carbocycles. The van der Waals surface area contributed by atoms with Crippen molar-refractivity contribution in [2.45, 2.75) is 70.6 Å². The van der Waals surface area contributed by atoms with Crippen LogP contribution in [-0.4, -0.2) is 47.1 Å². The topological polar surface area (TPSA) is 79.2 Å². The molecule has 0 amide bonds. The Morgan fingerprint density at radius 3 is 1.79 bits per heavy atom. The average molecular weight is 641 g/mol. The van der Waals surface area contributed by atoms with Crippen molar-refractivity contribution in [2.75, 3.05) is 27.1 Å². The van der Waals surface area contributed by atoms with Gasteiger partial charge in [0.05, 0.1) is 13.2 Å². The van der Waals surface area contributed by atoms with E-state index in [1.807, 2.05) is 12.3 Å². The Morgan fingerprint density at radius 2 is 1.21 bits per heavy atom. The van der Waals surface area contributed by atoms with E-state index in [-0.39, 0.29) is 6.79 Å². The lowest BCUT2D eigenvalue weighted by molar-refractivity contribution is -0.00832. The Labute approximate surface area is 283 Å². The fourth-order valence-corrected chi connectivity index (χ4v) is 6.99. The fraction of sp³-hybridized carbons (Fsp3) is 0.366. The van der Waals surface area contributed by atoms with Gasteiger partial charge in [-0.1, -0.05) is 88.4 Å². The maximum absolute atomic E-state index is 6.27. The summed E-state index contributed by atoms with van der Waals surface area (Å²) in [5.74, 6) is 4.61. The standard InChI is InChI=1S/C41H44N4O3/c1-25(2)27-6-10-29(11-7-27)39-43-40(30-12-8-28(9-13-30)26(3)4)45-41(44-39)34-22-37(48-24-47-19-18-46-5)38(42-23-34)33-16-17-35-31-14-15-32(20-31)36(35)21-33/h6-13,16-17,21-23,25-26,31-32H,14-15,18-20,24H2,1-5H3. The lowest BCUT2D eigenvalue weighted by Gasteiger charge is -2.18. The zero-order valence-electron chi connectivity index (χ0n) is 28.6. The van der Waals surface area contributed by atoms with E-state index in [1.54, 1.807) is 7.11 Å². The third-order valence-electron chi connectivity index (χ3n) is 9.82. The fourth-order valence-electron chi connectivity index (χ4n) is 6.99. The van der Waals surface area contributed by atoms with Crippen molar-refractivity contribution in [1.82, 2.24) is 19.9 Å². The molecule has 2 aliphatic rings. The van der Waals surface area contributed by atoms with Crippen LogP contribution in [0.15, 0.2) is 79.0 Å². The predicted octanol–water partition coefficient (Wildman–Crippen LogP) is 9.55. The first kappa shape index (κ1) is 32.1. The summed E-state index contributed by atoms with van der Waals surface area (Å²) in [5, 5.41) is 0. The lowest BCUT2D eigenvalue weighted by Crippen LogP contribution is -2.09. The molecule has 1 fully saturated rings. The molecule has 2 heterocycles. The zero-order chi connectivity index (χ0) is 33.2. The van der Waals surface area contributed by atoms with Crippen LogP contribution in [0.25, 0.3) is 45.4 Å². The number of benzene rings is 3. The van der Waals surface area contributed by atoms with Gasteiger partial charge in [-0.05, 0) is 77.3 Å². The largest absolute Gasteiger partial charge is 0.465 e. The second kappa shape index (κ2) is 14.0. The molecule has 7 heteroatoms. The highest BCUT2D eigenvalue weighted by Crippen LogP contribution is 2.53. The molecule has 1 saturated carbocycles. The van der Waals surface area contributed by atoms with Crippen molar-refractivity contribution in [3.63, 3.8) is 0 Å². The van der Waals surface area contributed by atoms with Crippen molar-refractivity contribution < 1.29 is 14.2 Å². The number of rotatable bonds is 12. The third kappa shape index (κ3) is 6.62. The van der Waals surface area contributed by atoms with E-state index in [1.165, 1.54) is 41.5 Å². The molecule has 246 valence electrons. The first-order chi connectivity index (χ1) is 23.4. The highest BCUT2D eigenvalue weighted by Gasteiger charge is 2.37. The maximum Gasteiger partial charge on any atom is 0.189 e. The summed E-state index contributed by atoms with van der Waals surface area (Å²) >= 11 is 0. The summed E-state index contributed by atoms with van der Waals surface area (Å²) in [5.41, 5.74) is 9.95. The molecule has 5 aromatic rings. The molecule has 2 unspecified atom stereocenters. The van der Waals surface area contributed by atoms with E-state index in [2.05, 4.69) is 94.4 Å². The summed E-state index contributed by atoms with van der Waals surface area (Å²) in [4.78, 5) is 19.9. The molecule has 0 spiro atoms. The van der Waals surface area contributed by atoms with Gasteiger partial charge >= 0.3 is 0 Å². The van der Waals surface area contributed by atoms with Gasteiger partial charge in [0.25, 0.3) is 0 Å². The number of nitrogens with zero attached hydrogens (tertiary/aromatic N) is 4.